The van der Waals surface area contributed by atoms with Crippen LogP contribution in [0.5, 0.6) is 0 Å². The van der Waals surface area contributed by atoms with Crippen LogP contribution in [0.15, 0.2) is 72.8 Å². The number of aromatic nitrogens is 1. The molecule has 36 heavy (non-hydrogen) atoms. The van der Waals surface area contributed by atoms with Gasteiger partial charge < -0.3 is 14.8 Å². The number of carbonyl (C=O) groups is 2. The Morgan fingerprint density at radius 2 is 1.61 bits per heavy atom. The maximum atomic E-state index is 14.1. The van der Waals surface area contributed by atoms with Crippen LogP contribution in [0.2, 0.25) is 10.0 Å². The summed E-state index contributed by atoms with van der Waals surface area (Å²) in [6.45, 7) is 2.85. The van der Waals surface area contributed by atoms with Gasteiger partial charge in [-0.15, -0.1) is 0 Å². The zero-order valence-electron chi connectivity index (χ0n) is 19.8. The molecule has 6 rings (SSSR count). The first-order chi connectivity index (χ1) is 17.4. The molecule has 1 aromatic heterocycles. The highest BCUT2D eigenvalue weighted by Gasteiger charge is 2.56. The van der Waals surface area contributed by atoms with Crippen LogP contribution in [-0.4, -0.2) is 46.2 Å². The summed E-state index contributed by atoms with van der Waals surface area (Å²) in [5, 5.41) is 2.42. The Morgan fingerprint density at radius 1 is 0.944 bits per heavy atom. The number of hydrogen-bond acceptors (Lipinski definition) is 2. The molecule has 0 aliphatic carbocycles. The molecular formula is C29H25Cl2N3O2. The van der Waals surface area contributed by atoms with Crippen molar-refractivity contribution in [1.82, 2.24) is 14.8 Å². The Bertz CT molecular complexity index is 1480. The van der Waals surface area contributed by atoms with Crippen LogP contribution in [0.1, 0.15) is 35.2 Å². The van der Waals surface area contributed by atoms with Crippen LogP contribution in [0.4, 0.5) is 0 Å². The molecular weight excluding hydrogens is 493 g/mol. The van der Waals surface area contributed by atoms with Gasteiger partial charge in [0.05, 0.1) is 12.2 Å². The zero-order valence-corrected chi connectivity index (χ0v) is 21.3. The summed E-state index contributed by atoms with van der Waals surface area (Å²) < 4.78 is 0. The minimum absolute atomic E-state index is 0.0449. The summed E-state index contributed by atoms with van der Waals surface area (Å²) in [6, 6.07) is 23.5. The summed E-state index contributed by atoms with van der Waals surface area (Å²) >= 11 is 12.2. The highest BCUT2D eigenvalue weighted by Crippen LogP contribution is 2.48. The smallest absolute Gasteiger partial charge is 0.254 e. The van der Waals surface area contributed by atoms with E-state index in [1.165, 1.54) is 0 Å². The molecule has 1 N–H and O–H groups in total. The van der Waals surface area contributed by atoms with Gasteiger partial charge in [0.1, 0.15) is 0 Å². The van der Waals surface area contributed by atoms with Crippen LogP contribution in [-0.2, 0) is 21.5 Å². The molecule has 7 heteroatoms. The number of benzene rings is 3. The van der Waals surface area contributed by atoms with Gasteiger partial charge in [-0.2, -0.15) is 0 Å². The number of rotatable bonds is 4. The van der Waals surface area contributed by atoms with E-state index in [9.17, 15) is 9.59 Å². The molecule has 0 unspecified atom stereocenters. The molecule has 1 fully saturated rings. The summed E-state index contributed by atoms with van der Waals surface area (Å²) in [5.41, 5.74) is 3.87. The molecule has 182 valence electrons. The van der Waals surface area contributed by atoms with E-state index in [4.69, 9.17) is 23.2 Å². The first kappa shape index (κ1) is 23.1. The van der Waals surface area contributed by atoms with Gasteiger partial charge in [-0.25, -0.2) is 0 Å². The maximum absolute atomic E-state index is 14.1. The lowest BCUT2D eigenvalue weighted by Gasteiger charge is -2.51. The predicted octanol–water partition coefficient (Wildman–Crippen LogP) is 5.75. The van der Waals surface area contributed by atoms with E-state index >= 15 is 0 Å². The number of amides is 2. The first-order valence-electron chi connectivity index (χ1n) is 12.1. The molecule has 1 saturated heterocycles. The minimum atomic E-state index is -1.10. The normalized spacial score (nSPS) is 21.6. The number of nitrogens with one attached hydrogen (secondary N) is 1. The molecule has 3 heterocycles. The van der Waals surface area contributed by atoms with E-state index in [1.807, 2.05) is 73.7 Å². The quantitative estimate of drug-likeness (QED) is 0.374. The molecule has 5 nitrogen and oxygen atoms in total. The second kappa shape index (κ2) is 8.68. The number of aromatic amines is 1. The summed E-state index contributed by atoms with van der Waals surface area (Å²) in [7, 11) is 0. The summed E-state index contributed by atoms with van der Waals surface area (Å²) in [6.07, 6.45) is 0.652. The lowest BCUT2D eigenvalue weighted by Crippen LogP contribution is -2.67. The number of fused-ring (bicyclic) bond motifs is 5. The van der Waals surface area contributed by atoms with Crippen molar-refractivity contribution in [1.29, 1.82) is 0 Å². The van der Waals surface area contributed by atoms with Crippen molar-refractivity contribution < 1.29 is 9.59 Å². The van der Waals surface area contributed by atoms with Gasteiger partial charge in [0.25, 0.3) is 5.91 Å². The molecule has 0 bridgehead atoms. The average molecular weight is 518 g/mol. The van der Waals surface area contributed by atoms with Gasteiger partial charge in [0, 0.05) is 40.0 Å². The van der Waals surface area contributed by atoms with E-state index in [-0.39, 0.29) is 24.3 Å². The molecule has 4 aromatic rings. The minimum Gasteiger partial charge on any atom is -0.356 e. The number of H-pyrrole nitrogens is 1. The van der Waals surface area contributed by atoms with E-state index in [0.717, 1.165) is 33.3 Å². The van der Waals surface area contributed by atoms with Crippen molar-refractivity contribution >= 4 is 45.9 Å². The van der Waals surface area contributed by atoms with Crippen molar-refractivity contribution in [3.05, 3.63) is 105 Å². The fourth-order valence-corrected chi connectivity index (χ4v) is 6.02. The molecule has 2 aliphatic heterocycles. The maximum Gasteiger partial charge on any atom is 0.254 e. The lowest BCUT2D eigenvalue weighted by atomic mass is 9.76. The van der Waals surface area contributed by atoms with Crippen molar-refractivity contribution in [3.63, 3.8) is 0 Å². The second-order valence-electron chi connectivity index (χ2n) is 9.74. The van der Waals surface area contributed by atoms with Gasteiger partial charge in [-0.05, 0) is 60.4 Å². The summed E-state index contributed by atoms with van der Waals surface area (Å²) in [5.74, 6) is -0.172. The molecule has 2 atom stereocenters. The van der Waals surface area contributed by atoms with Crippen molar-refractivity contribution in [3.8, 4) is 0 Å². The summed E-state index contributed by atoms with van der Waals surface area (Å²) in [4.78, 5) is 34.7. The van der Waals surface area contributed by atoms with Crippen LogP contribution in [0.3, 0.4) is 0 Å². The Hall–Kier alpha value is -3.28. The molecule has 0 radical (unpaired) electrons. The number of hydrogen-bond donors (Lipinski definition) is 1. The van der Waals surface area contributed by atoms with Crippen molar-refractivity contribution in [2.45, 2.75) is 24.8 Å². The Labute approximate surface area is 219 Å². The second-order valence-corrected chi connectivity index (χ2v) is 10.6. The molecule has 0 spiro atoms. The fourth-order valence-electron chi connectivity index (χ4n) is 5.77. The number of piperazine rings is 1. The van der Waals surface area contributed by atoms with Gasteiger partial charge in [-0.1, -0.05) is 65.7 Å². The van der Waals surface area contributed by atoms with Crippen LogP contribution >= 0.6 is 23.2 Å². The number of halogens is 2. The molecule has 2 aliphatic rings. The lowest BCUT2D eigenvalue weighted by molar-refractivity contribution is -0.166. The monoisotopic (exact) mass is 517 g/mol. The third-order valence-electron chi connectivity index (χ3n) is 7.67. The van der Waals surface area contributed by atoms with Gasteiger partial charge in [0.15, 0.2) is 5.54 Å². The van der Waals surface area contributed by atoms with Crippen molar-refractivity contribution in [2.75, 3.05) is 19.6 Å². The highest BCUT2D eigenvalue weighted by atomic mass is 35.5. The highest BCUT2D eigenvalue weighted by molar-refractivity contribution is 6.30. The van der Waals surface area contributed by atoms with E-state index in [2.05, 4.69) is 11.1 Å². The molecule has 3 aromatic carbocycles. The molecule has 0 saturated carbocycles. The average Bonchev–Trinajstić information content (AvgIpc) is 3.28. The number of carbonyl (C=O) groups excluding carboxylic acids is 2. The molecule has 2 amide bonds. The van der Waals surface area contributed by atoms with Gasteiger partial charge >= 0.3 is 0 Å². The number of nitrogens with zero attached hydrogens (tertiary/aromatic N) is 2. The van der Waals surface area contributed by atoms with Crippen molar-refractivity contribution in [2.24, 2.45) is 0 Å². The van der Waals surface area contributed by atoms with E-state index in [1.54, 1.807) is 9.80 Å². The van der Waals surface area contributed by atoms with E-state index < -0.39 is 5.54 Å². The van der Waals surface area contributed by atoms with Gasteiger partial charge in [0.2, 0.25) is 5.91 Å². The number of para-hydroxylation sites is 1. The first-order valence-corrected chi connectivity index (χ1v) is 12.8. The van der Waals surface area contributed by atoms with Crippen LogP contribution in [0, 0.1) is 0 Å². The largest absolute Gasteiger partial charge is 0.356 e. The Kier molecular flexibility index (Phi) is 5.58. The van der Waals surface area contributed by atoms with E-state index in [0.29, 0.717) is 29.6 Å². The van der Waals surface area contributed by atoms with Crippen LogP contribution in [0.25, 0.3) is 10.9 Å². The topological polar surface area (TPSA) is 56.4 Å². The van der Waals surface area contributed by atoms with Gasteiger partial charge in [-0.3, -0.25) is 9.59 Å². The SMILES string of the molecule is C[C@]12C(=O)N(CCc3ccc(Cl)cc3)CC(=O)N1C[C@@H](c1ccc(Cl)cc1)c1c2[nH]c2ccccc12. The third-order valence-corrected chi connectivity index (χ3v) is 8.18. The fraction of sp³-hybridized carbons (Fsp3) is 0.241. The Morgan fingerprint density at radius 3 is 2.33 bits per heavy atom. The third kappa shape index (κ3) is 3.61. The zero-order chi connectivity index (χ0) is 25.0. The van der Waals surface area contributed by atoms with Crippen LogP contribution < -0.4 is 0 Å². The predicted molar refractivity (Wildman–Crippen MR) is 142 cm³/mol. The Balaban J connectivity index is 1.43. The standard InChI is InChI=1S/C29H25Cl2N3O2/c1-29-27-26(22-4-2-3-5-24(22)32-27)23(19-8-12-21(31)13-9-19)16-34(29)25(35)17-33(28(29)36)15-14-18-6-10-20(30)11-7-18/h2-13,23,32H,14-17H2,1H3/t23-,29-/m0/s1.